The van der Waals surface area contributed by atoms with Crippen LogP contribution in [0.4, 0.5) is 0 Å². The molecule has 0 spiro atoms. The van der Waals surface area contributed by atoms with Gasteiger partial charge in [0, 0.05) is 31.8 Å². The number of methoxy groups -OCH3 is 1. The Kier molecular flexibility index (Phi) is 3.79. The SMILES string of the molecule is COC(C)Cc1ncc(CN)c(=O)[nH]1. The topological polar surface area (TPSA) is 81.0 Å². The molecule has 78 valence electrons. The lowest BCUT2D eigenvalue weighted by molar-refractivity contribution is 0.117. The van der Waals surface area contributed by atoms with Crippen molar-refractivity contribution in [3.8, 4) is 0 Å². The zero-order valence-corrected chi connectivity index (χ0v) is 8.41. The van der Waals surface area contributed by atoms with E-state index in [-0.39, 0.29) is 18.2 Å². The number of aromatic amines is 1. The second kappa shape index (κ2) is 4.88. The van der Waals surface area contributed by atoms with Crippen LogP contribution in [-0.2, 0) is 17.7 Å². The molecule has 0 aliphatic heterocycles. The van der Waals surface area contributed by atoms with Crippen molar-refractivity contribution in [3.05, 3.63) is 27.9 Å². The first-order valence-corrected chi connectivity index (χ1v) is 4.47. The van der Waals surface area contributed by atoms with Gasteiger partial charge in [0.1, 0.15) is 5.82 Å². The van der Waals surface area contributed by atoms with Gasteiger partial charge >= 0.3 is 0 Å². The van der Waals surface area contributed by atoms with Crippen LogP contribution in [-0.4, -0.2) is 23.2 Å². The van der Waals surface area contributed by atoms with Crippen LogP contribution in [0, 0.1) is 0 Å². The van der Waals surface area contributed by atoms with E-state index < -0.39 is 0 Å². The summed E-state index contributed by atoms with van der Waals surface area (Å²) >= 11 is 0. The quantitative estimate of drug-likeness (QED) is 0.700. The van der Waals surface area contributed by atoms with Gasteiger partial charge in [0.2, 0.25) is 0 Å². The zero-order chi connectivity index (χ0) is 10.6. The Labute approximate surface area is 82.3 Å². The summed E-state index contributed by atoms with van der Waals surface area (Å²) in [5.74, 6) is 0.626. The minimum Gasteiger partial charge on any atom is -0.381 e. The lowest BCUT2D eigenvalue weighted by Crippen LogP contribution is -2.21. The molecule has 0 radical (unpaired) electrons. The molecule has 1 heterocycles. The Morgan fingerprint density at radius 2 is 2.43 bits per heavy atom. The van der Waals surface area contributed by atoms with E-state index in [1.165, 1.54) is 6.20 Å². The van der Waals surface area contributed by atoms with Crippen molar-refractivity contribution >= 4 is 0 Å². The highest BCUT2D eigenvalue weighted by atomic mass is 16.5. The molecule has 5 nitrogen and oxygen atoms in total. The number of aromatic nitrogens is 2. The number of H-pyrrole nitrogens is 1. The molecule has 14 heavy (non-hydrogen) atoms. The molecule has 0 aliphatic rings. The summed E-state index contributed by atoms with van der Waals surface area (Å²) in [7, 11) is 1.62. The van der Waals surface area contributed by atoms with Crippen molar-refractivity contribution in [2.75, 3.05) is 7.11 Å². The molecule has 1 atom stereocenters. The molecule has 0 aliphatic carbocycles. The maximum Gasteiger partial charge on any atom is 0.255 e. The monoisotopic (exact) mass is 197 g/mol. The van der Waals surface area contributed by atoms with Gasteiger partial charge < -0.3 is 15.5 Å². The Bertz CT molecular complexity index is 348. The van der Waals surface area contributed by atoms with Gasteiger partial charge in [-0.15, -0.1) is 0 Å². The number of nitrogens with zero attached hydrogens (tertiary/aromatic N) is 1. The molecule has 1 aromatic rings. The van der Waals surface area contributed by atoms with E-state index in [9.17, 15) is 4.79 Å². The normalized spacial score (nSPS) is 12.8. The van der Waals surface area contributed by atoms with Gasteiger partial charge in [0.05, 0.1) is 6.10 Å². The molecule has 0 amide bonds. The Balaban J connectivity index is 2.81. The summed E-state index contributed by atoms with van der Waals surface area (Å²) in [5, 5.41) is 0. The Morgan fingerprint density at radius 1 is 1.71 bits per heavy atom. The third kappa shape index (κ3) is 2.65. The van der Waals surface area contributed by atoms with Gasteiger partial charge in [0.15, 0.2) is 0 Å². The van der Waals surface area contributed by atoms with Crippen molar-refractivity contribution in [1.29, 1.82) is 0 Å². The summed E-state index contributed by atoms with van der Waals surface area (Å²) in [6, 6.07) is 0. The maximum atomic E-state index is 11.3. The van der Waals surface area contributed by atoms with Crippen molar-refractivity contribution in [2.24, 2.45) is 5.73 Å². The standard InChI is InChI=1S/C9H15N3O2/c1-6(14-2)3-8-11-5-7(4-10)9(13)12-8/h5-6H,3-4,10H2,1-2H3,(H,11,12,13). The predicted octanol–water partition coefficient (Wildman–Crippen LogP) is -0.194. The summed E-state index contributed by atoms with van der Waals surface area (Å²) < 4.78 is 5.06. The average Bonchev–Trinajstić information content (AvgIpc) is 2.18. The van der Waals surface area contributed by atoms with Gasteiger partial charge in [-0.05, 0) is 6.92 Å². The molecule has 0 fully saturated rings. The zero-order valence-electron chi connectivity index (χ0n) is 8.41. The Hall–Kier alpha value is -1.20. The Morgan fingerprint density at radius 3 is 2.93 bits per heavy atom. The third-order valence-electron chi connectivity index (χ3n) is 2.03. The van der Waals surface area contributed by atoms with E-state index in [1.54, 1.807) is 7.11 Å². The number of hydrogen-bond donors (Lipinski definition) is 2. The second-order valence-corrected chi connectivity index (χ2v) is 3.14. The number of hydrogen-bond acceptors (Lipinski definition) is 4. The van der Waals surface area contributed by atoms with Crippen molar-refractivity contribution in [3.63, 3.8) is 0 Å². The summed E-state index contributed by atoms with van der Waals surface area (Å²) in [6.07, 6.45) is 2.15. The lowest BCUT2D eigenvalue weighted by atomic mass is 10.2. The summed E-state index contributed by atoms with van der Waals surface area (Å²) in [4.78, 5) is 18.1. The van der Waals surface area contributed by atoms with Crippen molar-refractivity contribution in [1.82, 2.24) is 9.97 Å². The van der Waals surface area contributed by atoms with Gasteiger partial charge in [0.25, 0.3) is 5.56 Å². The first-order valence-electron chi connectivity index (χ1n) is 4.47. The van der Waals surface area contributed by atoms with Crippen LogP contribution in [0.25, 0.3) is 0 Å². The molecule has 1 unspecified atom stereocenters. The van der Waals surface area contributed by atoms with Crippen molar-refractivity contribution in [2.45, 2.75) is 26.0 Å². The highest BCUT2D eigenvalue weighted by molar-refractivity contribution is 5.05. The molecule has 3 N–H and O–H groups in total. The maximum absolute atomic E-state index is 11.3. The van der Waals surface area contributed by atoms with Crippen LogP contribution in [0.5, 0.6) is 0 Å². The van der Waals surface area contributed by atoms with E-state index in [1.807, 2.05) is 6.92 Å². The van der Waals surface area contributed by atoms with E-state index in [2.05, 4.69) is 9.97 Å². The molecule has 0 bridgehead atoms. The number of nitrogens with one attached hydrogen (secondary N) is 1. The molecular formula is C9H15N3O2. The smallest absolute Gasteiger partial charge is 0.255 e. The molecule has 0 aromatic carbocycles. The molecule has 1 aromatic heterocycles. The highest BCUT2D eigenvalue weighted by Crippen LogP contribution is 1.97. The van der Waals surface area contributed by atoms with Gasteiger partial charge in [-0.1, -0.05) is 0 Å². The van der Waals surface area contributed by atoms with E-state index in [0.29, 0.717) is 17.8 Å². The summed E-state index contributed by atoms with van der Waals surface area (Å²) in [6.45, 7) is 2.12. The van der Waals surface area contributed by atoms with Gasteiger partial charge in [-0.25, -0.2) is 4.98 Å². The molecule has 1 rings (SSSR count). The molecular weight excluding hydrogens is 182 g/mol. The minimum absolute atomic E-state index is 0.0434. The average molecular weight is 197 g/mol. The van der Waals surface area contributed by atoms with Crippen LogP contribution in [0.3, 0.4) is 0 Å². The fourth-order valence-corrected chi connectivity index (χ4v) is 1.06. The van der Waals surface area contributed by atoms with E-state index in [4.69, 9.17) is 10.5 Å². The van der Waals surface area contributed by atoms with Crippen LogP contribution in [0.15, 0.2) is 11.0 Å². The fraction of sp³-hybridized carbons (Fsp3) is 0.556. The molecule has 5 heteroatoms. The third-order valence-corrected chi connectivity index (χ3v) is 2.03. The number of ether oxygens (including phenoxy) is 1. The van der Waals surface area contributed by atoms with E-state index >= 15 is 0 Å². The van der Waals surface area contributed by atoms with Crippen molar-refractivity contribution < 1.29 is 4.74 Å². The van der Waals surface area contributed by atoms with Crippen LogP contribution < -0.4 is 11.3 Å². The first kappa shape index (κ1) is 10.9. The summed E-state index contributed by atoms with van der Waals surface area (Å²) in [5.41, 5.74) is 5.68. The molecule has 0 saturated carbocycles. The highest BCUT2D eigenvalue weighted by Gasteiger charge is 2.05. The fourth-order valence-electron chi connectivity index (χ4n) is 1.06. The second-order valence-electron chi connectivity index (χ2n) is 3.14. The largest absolute Gasteiger partial charge is 0.381 e. The van der Waals surface area contributed by atoms with Crippen LogP contribution in [0.1, 0.15) is 18.3 Å². The van der Waals surface area contributed by atoms with E-state index in [0.717, 1.165) is 0 Å². The predicted molar refractivity (Wildman–Crippen MR) is 52.9 cm³/mol. The first-order chi connectivity index (χ1) is 6.67. The molecule has 0 saturated heterocycles. The number of rotatable bonds is 4. The van der Waals surface area contributed by atoms with Crippen LogP contribution >= 0.6 is 0 Å². The minimum atomic E-state index is -0.166. The number of nitrogens with two attached hydrogens (primary N) is 1. The van der Waals surface area contributed by atoms with Gasteiger partial charge in [-0.2, -0.15) is 0 Å². The van der Waals surface area contributed by atoms with Crippen LogP contribution in [0.2, 0.25) is 0 Å². The lowest BCUT2D eigenvalue weighted by Gasteiger charge is -2.08. The van der Waals surface area contributed by atoms with Gasteiger partial charge in [-0.3, -0.25) is 4.79 Å².